The third-order valence-corrected chi connectivity index (χ3v) is 6.36. The van der Waals surface area contributed by atoms with Crippen LogP contribution >= 0.6 is 11.3 Å². The minimum Gasteiger partial charge on any atom is -0.395 e. The number of hydrogen-bond donors (Lipinski definition) is 1. The van der Waals surface area contributed by atoms with Gasteiger partial charge < -0.3 is 5.11 Å². The lowest BCUT2D eigenvalue weighted by Gasteiger charge is -2.32. The van der Waals surface area contributed by atoms with Gasteiger partial charge in [0.25, 0.3) is 0 Å². The van der Waals surface area contributed by atoms with Crippen molar-refractivity contribution >= 4 is 21.6 Å². The van der Waals surface area contributed by atoms with Gasteiger partial charge in [0.05, 0.1) is 16.8 Å². The van der Waals surface area contributed by atoms with Crippen molar-refractivity contribution in [1.82, 2.24) is 9.47 Å². The molecular weight excluding hydrogens is 344 g/mol. The average molecular weight is 369 g/mol. The molecule has 2 aliphatic heterocycles. The minimum atomic E-state index is 0.135. The van der Waals surface area contributed by atoms with Crippen molar-refractivity contribution in [2.45, 2.75) is 50.7 Å². The van der Waals surface area contributed by atoms with Crippen molar-refractivity contribution in [3.05, 3.63) is 45.6 Å². The summed E-state index contributed by atoms with van der Waals surface area (Å²) in [7, 11) is 0. The predicted octanol–water partition coefficient (Wildman–Crippen LogP) is 3.00. The van der Waals surface area contributed by atoms with Gasteiger partial charge in [0.1, 0.15) is 0 Å². The molecule has 0 radical (unpaired) electrons. The molecule has 2 aliphatic rings. The van der Waals surface area contributed by atoms with Crippen LogP contribution in [0.2, 0.25) is 0 Å². The Morgan fingerprint density at radius 2 is 2.12 bits per heavy atom. The van der Waals surface area contributed by atoms with Crippen LogP contribution in [0.1, 0.15) is 32.1 Å². The van der Waals surface area contributed by atoms with Gasteiger partial charge in [-0.3, -0.25) is 14.3 Å². The fraction of sp³-hybridized carbons (Fsp3) is 0.476. The highest BCUT2D eigenvalue weighted by Gasteiger charge is 2.35. The lowest BCUT2D eigenvalue weighted by atomic mass is 10.0. The van der Waals surface area contributed by atoms with Gasteiger partial charge >= 0.3 is 4.87 Å². The Hall–Kier alpha value is -1.87. The highest BCUT2D eigenvalue weighted by Crippen LogP contribution is 2.34. The molecule has 1 fully saturated rings. The van der Waals surface area contributed by atoms with E-state index in [0.717, 1.165) is 36.1 Å². The summed E-state index contributed by atoms with van der Waals surface area (Å²) in [4.78, 5) is 15.0. The van der Waals surface area contributed by atoms with E-state index in [2.05, 4.69) is 22.8 Å². The van der Waals surface area contributed by atoms with Crippen LogP contribution < -0.4 is 4.87 Å². The second kappa shape index (κ2) is 7.79. The van der Waals surface area contributed by atoms with Gasteiger partial charge in [0.2, 0.25) is 0 Å². The van der Waals surface area contributed by atoms with Crippen LogP contribution in [0.15, 0.2) is 40.7 Å². The Morgan fingerprint density at radius 3 is 2.96 bits per heavy atom. The van der Waals surface area contributed by atoms with Crippen molar-refractivity contribution < 1.29 is 5.11 Å². The molecule has 26 heavy (non-hydrogen) atoms. The molecule has 1 aromatic heterocycles. The summed E-state index contributed by atoms with van der Waals surface area (Å²) >= 11 is 1.34. The molecule has 1 aromatic carbocycles. The molecule has 1 N–H and O–H groups in total. The third-order valence-electron chi connectivity index (χ3n) is 5.40. The normalized spacial score (nSPS) is 22.3. The molecular formula is C21H24N2O2S. The van der Waals surface area contributed by atoms with Crippen LogP contribution in [0, 0.1) is 11.8 Å². The van der Waals surface area contributed by atoms with Crippen LogP contribution in [0.3, 0.4) is 0 Å². The van der Waals surface area contributed by atoms with E-state index in [1.54, 1.807) is 0 Å². The summed E-state index contributed by atoms with van der Waals surface area (Å²) in [6.45, 7) is 1.95. The smallest absolute Gasteiger partial charge is 0.308 e. The number of benzene rings is 1. The van der Waals surface area contributed by atoms with E-state index < -0.39 is 0 Å². The minimum absolute atomic E-state index is 0.135. The van der Waals surface area contributed by atoms with Crippen LogP contribution in [-0.4, -0.2) is 39.8 Å². The van der Waals surface area contributed by atoms with E-state index in [1.807, 2.05) is 28.8 Å². The molecule has 0 aliphatic carbocycles. The van der Waals surface area contributed by atoms with Crippen LogP contribution in [0.4, 0.5) is 0 Å². The van der Waals surface area contributed by atoms with Crippen molar-refractivity contribution in [2.75, 3.05) is 13.2 Å². The third kappa shape index (κ3) is 3.50. The lowest BCUT2D eigenvalue weighted by molar-refractivity contribution is 0.201. The van der Waals surface area contributed by atoms with Crippen LogP contribution in [-0.2, 0) is 6.54 Å². The van der Waals surface area contributed by atoms with Gasteiger partial charge in [-0.15, -0.1) is 0 Å². The number of thiazole rings is 1. The zero-order valence-electron chi connectivity index (χ0n) is 14.9. The molecule has 2 aromatic rings. The summed E-state index contributed by atoms with van der Waals surface area (Å²) in [6.07, 6.45) is 7.33. The SMILES string of the molecule is O=c1sc2ccccc2n1CCCN1C2C=C(C#CCCO)CC1CC2. The van der Waals surface area contributed by atoms with Gasteiger partial charge in [-0.1, -0.05) is 41.4 Å². The number of aliphatic hydroxyl groups is 1. The predicted molar refractivity (Wildman–Crippen MR) is 106 cm³/mol. The first kappa shape index (κ1) is 17.5. The largest absolute Gasteiger partial charge is 0.395 e. The maximum atomic E-state index is 12.3. The van der Waals surface area contributed by atoms with E-state index in [0.29, 0.717) is 18.5 Å². The van der Waals surface area contributed by atoms with Crippen molar-refractivity contribution in [1.29, 1.82) is 0 Å². The van der Waals surface area contributed by atoms with E-state index >= 15 is 0 Å². The van der Waals surface area contributed by atoms with Gasteiger partial charge in [0.15, 0.2) is 0 Å². The molecule has 5 heteroatoms. The molecule has 2 unspecified atom stereocenters. The standard InChI is InChI=1S/C21H24N2O2S/c24-13-4-3-6-16-14-17-9-10-18(15-16)22(17)11-5-12-23-19-7-1-2-8-20(19)26-21(23)25/h1-2,7-8,14,17-18,24H,4-5,9-13,15H2. The van der Waals surface area contributed by atoms with E-state index in [4.69, 9.17) is 5.11 Å². The summed E-state index contributed by atoms with van der Waals surface area (Å²) in [5.74, 6) is 6.28. The first-order valence-electron chi connectivity index (χ1n) is 9.41. The summed E-state index contributed by atoms with van der Waals surface area (Å²) in [6, 6.07) is 9.12. The topological polar surface area (TPSA) is 45.5 Å². The first-order valence-corrected chi connectivity index (χ1v) is 10.2. The average Bonchev–Trinajstić information content (AvgIpc) is 3.08. The van der Waals surface area contributed by atoms with Gasteiger partial charge in [0, 0.05) is 37.2 Å². The molecule has 3 heterocycles. The van der Waals surface area contributed by atoms with Crippen molar-refractivity contribution in [3.8, 4) is 11.8 Å². The highest BCUT2D eigenvalue weighted by atomic mass is 32.1. The van der Waals surface area contributed by atoms with Gasteiger partial charge in [-0.05, 0) is 37.8 Å². The van der Waals surface area contributed by atoms with E-state index in [1.165, 1.54) is 29.8 Å². The first-order chi connectivity index (χ1) is 12.8. The number of para-hydroxylation sites is 1. The Kier molecular flexibility index (Phi) is 5.26. The second-order valence-electron chi connectivity index (χ2n) is 7.05. The Balaban J connectivity index is 1.39. The molecule has 0 spiro atoms. The Labute approximate surface area is 157 Å². The molecule has 2 atom stereocenters. The fourth-order valence-corrected chi connectivity index (χ4v) is 5.15. The molecule has 1 saturated heterocycles. The van der Waals surface area contributed by atoms with Crippen molar-refractivity contribution in [3.63, 3.8) is 0 Å². The molecule has 0 saturated carbocycles. The number of aromatic nitrogens is 1. The van der Waals surface area contributed by atoms with E-state index in [9.17, 15) is 4.79 Å². The van der Waals surface area contributed by atoms with Crippen LogP contribution in [0.25, 0.3) is 10.2 Å². The van der Waals surface area contributed by atoms with Gasteiger partial charge in [-0.25, -0.2) is 0 Å². The zero-order valence-corrected chi connectivity index (χ0v) is 15.7. The number of fused-ring (bicyclic) bond motifs is 3. The summed E-state index contributed by atoms with van der Waals surface area (Å²) < 4.78 is 3.00. The Bertz CT molecular complexity index is 931. The number of hydrogen-bond acceptors (Lipinski definition) is 4. The maximum absolute atomic E-state index is 12.3. The quantitative estimate of drug-likeness (QED) is 0.825. The lowest BCUT2D eigenvalue weighted by Crippen LogP contribution is -2.39. The Morgan fingerprint density at radius 1 is 1.23 bits per heavy atom. The molecule has 136 valence electrons. The molecule has 2 bridgehead atoms. The summed E-state index contributed by atoms with van der Waals surface area (Å²) in [5, 5.41) is 8.86. The molecule has 4 rings (SSSR count). The molecule has 0 amide bonds. The number of nitrogens with zero attached hydrogens (tertiary/aromatic N) is 2. The van der Waals surface area contributed by atoms with E-state index in [-0.39, 0.29) is 11.5 Å². The monoisotopic (exact) mass is 368 g/mol. The summed E-state index contributed by atoms with van der Waals surface area (Å²) in [5.41, 5.74) is 2.30. The molecule has 4 nitrogen and oxygen atoms in total. The number of aryl methyl sites for hydroxylation is 1. The number of rotatable bonds is 5. The second-order valence-corrected chi connectivity index (χ2v) is 8.04. The number of aliphatic hydroxyl groups excluding tert-OH is 1. The fourth-order valence-electron chi connectivity index (χ4n) is 4.23. The van der Waals surface area contributed by atoms with Crippen molar-refractivity contribution in [2.24, 2.45) is 0 Å². The zero-order chi connectivity index (χ0) is 17.9. The maximum Gasteiger partial charge on any atom is 0.308 e. The highest BCUT2D eigenvalue weighted by molar-refractivity contribution is 7.16. The van der Waals surface area contributed by atoms with Crippen LogP contribution in [0.5, 0.6) is 0 Å². The van der Waals surface area contributed by atoms with Gasteiger partial charge in [-0.2, -0.15) is 0 Å².